The lowest BCUT2D eigenvalue weighted by atomic mass is 10.1. The zero-order valence-electron chi connectivity index (χ0n) is 15.6. The molecule has 1 amide bonds. The molecule has 2 aromatic carbocycles. The molecule has 2 aromatic rings. The van der Waals surface area contributed by atoms with E-state index in [0.29, 0.717) is 18.8 Å². The zero-order chi connectivity index (χ0) is 18.4. The number of carbonyl (C=O) groups excluding carboxylic acids is 1. The van der Waals surface area contributed by atoms with Crippen LogP contribution in [0.2, 0.25) is 0 Å². The van der Waals surface area contributed by atoms with E-state index in [9.17, 15) is 4.79 Å². The average molecular weight is 343 g/mol. The van der Waals surface area contributed by atoms with E-state index in [0.717, 1.165) is 33.0 Å². The lowest BCUT2D eigenvalue weighted by Gasteiger charge is -2.17. The molecular formula is C20H27N2O3+. The molecule has 0 saturated heterocycles. The van der Waals surface area contributed by atoms with Crippen LogP contribution in [0.5, 0.6) is 11.5 Å². The van der Waals surface area contributed by atoms with E-state index in [-0.39, 0.29) is 5.91 Å². The Morgan fingerprint density at radius 2 is 1.88 bits per heavy atom. The van der Waals surface area contributed by atoms with Crippen LogP contribution in [-0.4, -0.2) is 33.7 Å². The van der Waals surface area contributed by atoms with Crippen LogP contribution in [-0.2, 0) is 11.3 Å². The van der Waals surface area contributed by atoms with Gasteiger partial charge in [0.15, 0.2) is 18.0 Å². The highest BCUT2D eigenvalue weighted by molar-refractivity contribution is 5.92. The number of hydrogen-bond donors (Lipinski definition) is 2. The van der Waals surface area contributed by atoms with E-state index in [1.807, 2.05) is 57.3 Å². The first kappa shape index (κ1) is 18.8. The molecule has 0 heterocycles. The molecule has 1 unspecified atom stereocenters. The Morgan fingerprint density at radius 1 is 1.12 bits per heavy atom. The Morgan fingerprint density at radius 3 is 2.56 bits per heavy atom. The van der Waals surface area contributed by atoms with Crippen LogP contribution in [0.3, 0.4) is 0 Å². The maximum absolute atomic E-state index is 12.4. The van der Waals surface area contributed by atoms with Crippen LogP contribution in [0.4, 0.5) is 5.69 Å². The number of anilines is 1. The molecule has 2 N–H and O–H groups in total. The van der Waals surface area contributed by atoms with Crippen molar-refractivity contribution in [2.75, 3.05) is 33.1 Å². The van der Waals surface area contributed by atoms with Gasteiger partial charge >= 0.3 is 0 Å². The fraction of sp³-hybridized carbons (Fsp3) is 0.350. The van der Waals surface area contributed by atoms with Crippen molar-refractivity contribution in [2.45, 2.75) is 20.4 Å². The normalized spacial score (nSPS) is 11.7. The van der Waals surface area contributed by atoms with Gasteiger partial charge in [0.1, 0.15) is 6.54 Å². The summed E-state index contributed by atoms with van der Waals surface area (Å²) >= 11 is 0. The highest BCUT2D eigenvalue weighted by Gasteiger charge is 2.16. The van der Waals surface area contributed by atoms with Crippen LogP contribution in [0.15, 0.2) is 36.4 Å². The monoisotopic (exact) mass is 343 g/mol. The largest absolute Gasteiger partial charge is 0.493 e. The molecule has 0 radical (unpaired) electrons. The Bertz CT molecular complexity index is 744. The van der Waals surface area contributed by atoms with Gasteiger partial charge in [-0.3, -0.25) is 4.79 Å². The quantitative estimate of drug-likeness (QED) is 0.808. The van der Waals surface area contributed by atoms with Crippen molar-refractivity contribution in [3.05, 3.63) is 53.1 Å². The summed E-state index contributed by atoms with van der Waals surface area (Å²) in [5.41, 5.74) is 4.07. The summed E-state index contributed by atoms with van der Waals surface area (Å²) in [5.74, 6) is 1.42. The van der Waals surface area contributed by atoms with E-state index in [2.05, 4.69) is 5.32 Å². The number of aryl methyl sites for hydroxylation is 2. The van der Waals surface area contributed by atoms with Crippen molar-refractivity contribution < 1.29 is 19.2 Å². The second-order valence-electron chi connectivity index (χ2n) is 6.33. The molecule has 0 saturated carbocycles. The number of hydrogen-bond acceptors (Lipinski definition) is 3. The van der Waals surface area contributed by atoms with E-state index in [1.165, 1.54) is 0 Å². The van der Waals surface area contributed by atoms with Gasteiger partial charge in [-0.2, -0.15) is 0 Å². The van der Waals surface area contributed by atoms with E-state index in [4.69, 9.17) is 9.47 Å². The van der Waals surface area contributed by atoms with E-state index in [1.54, 1.807) is 14.2 Å². The molecule has 0 aromatic heterocycles. The first-order chi connectivity index (χ1) is 11.9. The molecule has 0 bridgehead atoms. The highest BCUT2D eigenvalue weighted by atomic mass is 16.5. The fourth-order valence-corrected chi connectivity index (χ4v) is 2.82. The van der Waals surface area contributed by atoms with Gasteiger partial charge in [-0.05, 0) is 43.2 Å². The van der Waals surface area contributed by atoms with Gasteiger partial charge < -0.3 is 19.7 Å². The number of benzene rings is 2. The zero-order valence-corrected chi connectivity index (χ0v) is 15.6. The molecular weight excluding hydrogens is 316 g/mol. The molecule has 5 heteroatoms. The Hall–Kier alpha value is -2.53. The molecule has 0 spiro atoms. The summed E-state index contributed by atoms with van der Waals surface area (Å²) < 4.78 is 10.8. The highest BCUT2D eigenvalue weighted by Crippen LogP contribution is 2.30. The third-order valence-electron chi connectivity index (χ3n) is 4.11. The number of likely N-dealkylation sites (N-methyl/N-ethyl adjacent to an activating group) is 1. The summed E-state index contributed by atoms with van der Waals surface area (Å²) in [6.07, 6.45) is 0. The molecule has 134 valence electrons. The van der Waals surface area contributed by atoms with Crippen LogP contribution in [0.25, 0.3) is 0 Å². The molecule has 2 rings (SSSR count). The lowest BCUT2D eigenvalue weighted by Crippen LogP contribution is -3.08. The number of para-hydroxylation sites is 1. The number of carbonyl (C=O) groups is 1. The van der Waals surface area contributed by atoms with Crippen molar-refractivity contribution in [3.8, 4) is 11.5 Å². The maximum Gasteiger partial charge on any atom is 0.279 e. The minimum absolute atomic E-state index is 0.00642. The lowest BCUT2D eigenvalue weighted by molar-refractivity contribution is -0.885. The first-order valence-corrected chi connectivity index (χ1v) is 8.33. The van der Waals surface area contributed by atoms with Crippen molar-refractivity contribution in [3.63, 3.8) is 0 Å². The molecule has 0 fully saturated rings. The van der Waals surface area contributed by atoms with Crippen molar-refractivity contribution >= 4 is 11.6 Å². The molecule has 5 nitrogen and oxygen atoms in total. The summed E-state index contributed by atoms with van der Waals surface area (Å²) in [4.78, 5) is 13.4. The smallest absolute Gasteiger partial charge is 0.279 e. The number of ether oxygens (including phenoxy) is 2. The topological polar surface area (TPSA) is 52.0 Å². The summed E-state index contributed by atoms with van der Waals surface area (Å²) in [7, 11) is 5.24. The standard InChI is InChI=1S/C20H26N2O3/c1-14-9-10-15(2)17(11-14)21-19(23)13-22(3)12-16-7-6-8-18(24-4)20(16)25-5/h6-11H,12-13H2,1-5H3,(H,21,23)/p+1. The first-order valence-electron chi connectivity index (χ1n) is 8.33. The predicted octanol–water partition coefficient (Wildman–Crippen LogP) is 1.97. The fourth-order valence-electron chi connectivity index (χ4n) is 2.82. The minimum atomic E-state index is -0.00642. The van der Waals surface area contributed by atoms with Crippen LogP contribution in [0.1, 0.15) is 16.7 Å². The Kier molecular flexibility index (Phi) is 6.42. The average Bonchev–Trinajstić information content (AvgIpc) is 2.57. The summed E-state index contributed by atoms with van der Waals surface area (Å²) in [6.45, 7) is 5.04. The Labute approximate surface area is 149 Å². The van der Waals surface area contributed by atoms with Gasteiger partial charge in [-0.15, -0.1) is 0 Å². The van der Waals surface area contributed by atoms with E-state index < -0.39 is 0 Å². The van der Waals surface area contributed by atoms with Crippen LogP contribution < -0.4 is 19.7 Å². The van der Waals surface area contributed by atoms with Crippen LogP contribution >= 0.6 is 0 Å². The van der Waals surface area contributed by atoms with Gasteiger partial charge in [0, 0.05) is 5.69 Å². The number of methoxy groups -OCH3 is 2. The van der Waals surface area contributed by atoms with Gasteiger partial charge in [0.2, 0.25) is 0 Å². The summed E-state index contributed by atoms with van der Waals surface area (Å²) in [5, 5.41) is 3.00. The van der Waals surface area contributed by atoms with E-state index >= 15 is 0 Å². The molecule has 25 heavy (non-hydrogen) atoms. The van der Waals surface area contributed by atoms with Crippen molar-refractivity contribution in [1.29, 1.82) is 0 Å². The third kappa shape index (κ3) is 4.97. The molecule has 0 aliphatic heterocycles. The Balaban J connectivity index is 2.01. The molecule has 1 atom stereocenters. The van der Waals surface area contributed by atoms with Gasteiger partial charge in [-0.25, -0.2) is 0 Å². The second-order valence-corrected chi connectivity index (χ2v) is 6.33. The number of nitrogens with one attached hydrogen (secondary N) is 2. The number of quaternary nitrogens is 1. The minimum Gasteiger partial charge on any atom is -0.493 e. The second kappa shape index (κ2) is 8.53. The molecule has 0 aliphatic carbocycles. The number of rotatable bonds is 7. The van der Waals surface area contributed by atoms with Gasteiger partial charge in [-0.1, -0.05) is 18.2 Å². The van der Waals surface area contributed by atoms with Crippen molar-refractivity contribution in [2.24, 2.45) is 0 Å². The maximum atomic E-state index is 12.4. The third-order valence-corrected chi connectivity index (χ3v) is 4.11. The SMILES string of the molecule is COc1cccc(C[NH+](C)CC(=O)Nc2cc(C)ccc2C)c1OC. The van der Waals surface area contributed by atoms with Gasteiger partial charge in [0.25, 0.3) is 5.91 Å². The predicted molar refractivity (Wildman–Crippen MR) is 99.5 cm³/mol. The summed E-state index contributed by atoms with van der Waals surface area (Å²) in [6, 6.07) is 11.8. The van der Waals surface area contributed by atoms with Crippen molar-refractivity contribution in [1.82, 2.24) is 0 Å². The number of amides is 1. The molecule has 0 aliphatic rings. The van der Waals surface area contributed by atoms with Gasteiger partial charge in [0.05, 0.1) is 26.8 Å². The van der Waals surface area contributed by atoms with Crippen LogP contribution in [0, 0.1) is 13.8 Å².